The first kappa shape index (κ1) is 17.1. The SMILES string of the molecule is C#CCN(C)CCCOc1ccc2c(ccn2-c2ccc(F)cc2)c1. The molecule has 0 bridgehead atoms. The van der Waals surface area contributed by atoms with E-state index in [1.807, 2.05) is 42.1 Å². The summed E-state index contributed by atoms with van der Waals surface area (Å²) in [5, 5.41) is 1.09. The van der Waals surface area contributed by atoms with E-state index in [1.165, 1.54) is 12.1 Å². The van der Waals surface area contributed by atoms with Gasteiger partial charge in [-0.15, -0.1) is 6.42 Å². The van der Waals surface area contributed by atoms with E-state index in [0.717, 1.165) is 35.3 Å². The van der Waals surface area contributed by atoms with Crippen LogP contribution in [0.2, 0.25) is 0 Å². The van der Waals surface area contributed by atoms with Gasteiger partial charge in [0.2, 0.25) is 0 Å². The molecule has 0 atom stereocenters. The first-order chi connectivity index (χ1) is 12.2. The summed E-state index contributed by atoms with van der Waals surface area (Å²) >= 11 is 0. The van der Waals surface area contributed by atoms with Gasteiger partial charge in [0, 0.05) is 23.8 Å². The second-order valence-electron chi connectivity index (χ2n) is 6.03. The van der Waals surface area contributed by atoms with Gasteiger partial charge in [0.1, 0.15) is 11.6 Å². The smallest absolute Gasteiger partial charge is 0.123 e. The Morgan fingerprint density at radius 2 is 1.96 bits per heavy atom. The molecular weight excluding hydrogens is 315 g/mol. The van der Waals surface area contributed by atoms with Crippen LogP contribution in [0.3, 0.4) is 0 Å². The third-order valence-corrected chi connectivity index (χ3v) is 4.08. The van der Waals surface area contributed by atoms with Gasteiger partial charge < -0.3 is 9.30 Å². The zero-order valence-electron chi connectivity index (χ0n) is 14.3. The summed E-state index contributed by atoms with van der Waals surface area (Å²) in [6.07, 6.45) is 8.19. The molecule has 3 aromatic rings. The van der Waals surface area contributed by atoms with Crippen molar-refractivity contribution in [2.45, 2.75) is 6.42 Å². The minimum Gasteiger partial charge on any atom is -0.494 e. The Balaban J connectivity index is 1.66. The van der Waals surface area contributed by atoms with Crippen molar-refractivity contribution in [3.63, 3.8) is 0 Å². The van der Waals surface area contributed by atoms with Crippen molar-refractivity contribution in [2.24, 2.45) is 0 Å². The fourth-order valence-electron chi connectivity index (χ4n) is 2.80. The summed E-state index contributed by atoms with van der Waals surface area (Å²) in [6, 6.07) is 14.5. The number of nitrogens with zero attached hydrogens (tertiary/aromatic N) is 2. The van der Waals surface area contributed by atoms with E-state index in [9.17, 15) is 4.39 Å². The number of fused-ring (bicyclic) bond motifs is 1. The largest absolute Gasteiger partial charge is 0.494 e. The average molecular weight is 336 g/mol. The van der Waals surface area contributed by atoms with Crippen molar-refractivity contribution in [3.05, 3.63) is 60.5 Å². The monoisotopic (exact) mass is 336 g/mol. The molecule has 0 saturated heterocycles. The summed E-state index contributed by atoms with van der Waals surface area (Å²) in [4.78, 5) is 2.09. The minimum atomic E-state index is -0.233. The van der Waals surface area contributed by atoms with Gasteiger partial charge >= 0.3 is 0 Å². The summed E-state index contributed by atoms with van der Waals surface area (Å²) in [7, 11) is 2.00. The van der Waals surface area contributed by atoms with E-state index < -0.39 is 0 Å². The molecule has 0 aliphatic rings. The average Bonchev–Trinajstić information content (AvgIpc) is 3.03. The predicted molar refractivity (Wildman–Crippen MR) is 99.7 cm³/mol. The van der Waals surface area contributed by atoms with Gasteiger partial charge in [0.25, 0.3) is 0 Å². The van der Waals surface area contributed by atoms with Crippen LogP contribution in [0.5, 0.6) is 5.75 Å². The van der Waals surface area contributed by atoms with Crippen molar-refractivity contribution in [1.82, 2.24) is 9.47 Å². The maximum Gasteiger partial charge on any atom is 0.123 e. The summed E-state index contributed by atoms with van der Waals surface area (Å²) in [5.41, 5.74) is 1.99. The lowest BCUT2D eigenvalue weighted by atomic mass is 10.2. The quantitative estimate of drug-likeness (QED) is 0.477. The highest BCUT2D eigenvalue weighted by Gasteiger charge is 2.05. The Labute approximate surface area is 147 Å². The molecule has 3 rings (SSSR count). The Bertz CT molecular complexity index is 877. The second kappa shape index (κ2) is 7.87. The molecule has 0 N–H and O–H groups in total. The summed E-state index contributed by atoms with van der Waals surface area (Å²) < 4.78 is 21.0. The highest BCUT2D eigenvalue weighted by molar-refractivity contribution is 5.83. The van der Waals surface area contributed by atoms with Crippen LogP contribution in [0.1, 0.15) is 6.42 Å². The summed E-state index contributed by atoms with van der Waals surface area (Å²) in [5.74, 6) is 3.25. The molecule has 2 aromatic carbocycles. The third-order valence-electron chi connectivity index (χ3n) is 4.08. The van der Waals surface area contributed by atoms with Crippen LogP contribution in [-0.4, -0.2) is 36.2 Å². The molecule has 3 nitrogen and oxygen atoms in total. The van der Waals surface area contributed by atoms with Gasteiger partial charge in [-0.05, 0) is 62.0 Å². The van der Waals surface area contributed by atoms with Crippen LogP contribution in [0.4, 0.5) is 4.39 Å². The van der Waals surface area contributed by atoms with Crippen LogP contribution in [0.25, 0.3) is 16.6 Å². The molecule has 0 aliphatic heterocycles. The van der Waals surface area contributed by atoms with Crippen LogP contribution in [0.15, 0.2) is 54.7 Å². The van der Waals surface area contributed by atoms with E-state index in [4.69, 9.17) is 11.2 Å². The number of hydrogen-bond donors (Lipinski definition) is 0. The zero-order valence-corrected chi connectivity index (χ0v) is 14.3. The van der Waals surface area contributed by atoms with Crippen LogP contribution in [-0.2, 0) is 0 Å². The Morgan fingerprint density at radius 3 is 2.72 bits per heavy atom. The highest BCUT2D eigenvalue weighted by Crippen LogP contribution is 2.25. The lowest BCUT2D eigenvalue weighted by Crippen LogP contribution is -2.21. The maximum atomic E-state index is 13.1. The normalized spacial score (nSPS) is 11.0. The number of terminal acetylenes is 1. The fraction of sp³-hybridized carbons (Fsp3) is 0.238. The van der Waals surface area contributed by atoms with Crippen molar-refractivity contribution in [3.8, 4) is 23.8 Å². The minimum absolute atomic E-state index is 0.233. The van der Waals surface area contributed by atoms with Crippen molar-refractivity contribution in [2.75, 3.05) is 26.7 Å². The van der Waals surface area contributed by atoms with Gasteiger partial charge in [-0.1, -0.05) is 5.92 Å². The number of halogens is 1. The molecule has 0 fully saturated rings. The molecule has 0 amide bonds. The molecule has 4 heteroatoms. The standard InChI is InChI=1S/C21H21FN2O/c1-3-12-23(2)13-4-15-25-20-9-10-21-17(16-20)11-14-24(21)19-7-5-18(22)6-8-19/h1,5-11,14,16H,4,12-13,15H2,2H3. The van der Waals surface area contributed by atoms with Crippen molar-refractivity contribution >= 4 is 10.9 Å². The first-order valence-corrected chi connectivity index (χ1v) is 8.29. The van der Waals surface area contributed by atoms with Gasteiger partial charge in [-0.25, -0.2) is 4.39 Å². The van der Waals surface area contributed by atoms with E-state index in [0.29, 0.717) is 13.2 Å². The molecule has 0 spiro atoms. The lowest BCUT2D eigenvalue weighted by Gasteiger charge is -2.13. The van der Waals surface area contributed by atoms with Gasteiger partial charge in [0.05, 0.1) is 18.7 Å². The zero-order chi connectivity index (χ0) is 17.6. The molecule has 25 heavy (non-hydrogen) atoms. The third kappa shape index (κ3) is 4.20. The van der Waals surface area contributed by atoms with Gasteiger partial charge in [-0.3, -0.25) is 4.90 Å². The maximum absolute atomic E-state index is 13.1. The van der Waals surface area contributed by atoms with E-state index >= 15 is 0 Å². The topological polar surface area (TPSA) is 17.4 Å². The molecule has 0 radical (unpaired) electrons. The molecule has 128 valence electrons. The number of ether oxygens (including phenoxy) is 1. The molecule has 0 saturated carbocycles. The first-order valence-electron chi connectivity index (χ1n) is 8.29. The fourth-order valence-corrected chi connectivity index (χ4v) is 2.80. The van der Waals surface area contributed by atoms with E-state index in [1.54, 1.807) is 12.1 Å². The molecule has 1 aromatic heterocycles. The molecule has 0 aliphatic carbocycles. The van der Waals surface area contributed by atoms with E-state index in [2.05, 4.69) is 10.8 Å². The number of aromatic nitrogens is 1. The van der Waals surface area contributed by atoms with Crippen LogP contribution >= 0.6 is 0 Å². The number of hydrogen-bond acceptors (Lipinski definition) is 2. The Morgan fingerprint density at radius 1 is 1.16 bits per heavy atom. The summed E-state index contributed by atoms with van der Waals surface area (Å²) in [6.45, 7) is 2.22. The molecule has 0 unspecified atom stereocenters. The van der Waals surface area contributed by atoms with Crippen LogP contribution in [0, 0.1) is 18.2 Å². The number of rotatable bonds is 7. The second-order valence-corrected chi connectivity index (χ2v) is 6.03. The Hall–Kier alpha value is -2.77. The van der Waals surface area contributed by atoms with Gasteiger partial charge in [0.15, 0.2) is 0 Å². The lowest BCUT2D eigenvalue weighted by molar-refractivity contribution is 0.275. The predicted octanol–water partition coefficient (Wildman–Crippen LogP) is 4.10. The van der Waals surface area contributed by atoms with Crippen molar-refractivity contribution in [1.29, 1.82) is 0 Å². The van der Waals surface area contributed by atoms with Crippen LogP contribution < -0.4 is 4.74 Å². The molecular formula is C21H21FN2O. The number of benzene rings is 2. The highest BCUT2D eigenvalue weighted by atomic mass is 19.1. The van der Waals surface area contributed by atoms with E-state index in [-0.39, 0.29) is 5.82 Å². The molecule has 1 heterocycles. The van der Waals surface area contributed by atoms with Crippen molar-refractivity contribution < 1.29 is 9.13 Å². The van der Waals surface area contributed by atoms with Gasteiger partial charge in [-0.2, -0.15) is 0 Å². The Kier molecular flexibility index (Phi) is 5.37.